The lowest BCUT2D eigenvalue weighted by Crippen LogP contribution is -2.21. The van der Waals surface area contributed by atoms with Crippen LogP contribution in [0.5, 0.6) is 0 Å². The molecule has 0 spiro atoms. The fraction of sp³-hybridized carbons (Fsp3) is 0.273. The van der Waals surface area contributed by atoms with E-state index in [2.05, 4.69) is 54.9 Å². The molecule has 0 amide bonds. The number of furan rings is 1. The van der Waals surface area contributed by atoms with Gasteiger partial charge in [0.25, 0.3) is 0 Å². The maximum Gasteiger partial charge on any atom is 0.169 e. The molecule has 86 valence electrons. The van der Waals surface area contributed by atoms with Crippen molar-refractivity contribution in [2.45, 2.75) is 13.0 Å². The lowest BCUT2D eigenvalue weighted by atomic mass is 10.1. The minimum Gasteiger partial charge on any atom is -0.452 e. The van der Waals surface area contributed by atoms with Crippen LogP contribution >= 0.6 is 43.2 Å². The number of rotatable bonds is 4. The third-order valence-corrected chi connectivity index (χ3v) is 4.42. The molecule has 2 heterocycles. The summed E-state index contributed by atoms with van der Waals surface area (Å²) in [5.41, 5.74) is 1.22. The first-order valence-corrected chi connectivity index (χ1v) is 7.45. The van der Waals surface area contributed by atoms with E-state index in [0.717, 1.165) is 21.4 Å². The van der Waals surface area contributed by atoms with Crippen LogP contribution in [0, 0.1) is 0 Å². The van der Waals surface area contributed by atoms with Crippen LogP contribution in [-0.2, 0) is 0 Å². The molecule has 0 aromatic carbocycles. The van der Waals surface area contributed by atoms with Crippen molar-refractivity contribution < 1.29 is 4.42 Å². The predicted molar refractivity (Wildman–Crippen MR) is 73.9 cm³/mol. The normalized spacial score (nSPS) is 12.9. The molecule has 0 saturated carbocycles. The first-order chi connectivity index (χ1) is 7.72. The van der Waals surface area contributed by atoms with Crippen molar-refractivity contribution in [3.05, 3.63) is 43.4 Å². The molecule has 0 aliphatic carbocycles. The summed E-state index contributed by atoms with van der Waals surface area (Å²) < 4.78 is 7.50. The molecule has 1 atom stereocenters. The van der Waals surface area contributed by atoms with Gasteiger partial charge in [0, 0.05) is 15.4 Å². The number of nitrogens with one attached hydrogen (secondary N) is 1. The van der Waals surface area contributed by atoms with Crippen molar-refractivity contribution in [2.75, 3.05) is 6.54 Å². The Balaban J connectivity index is 2.34. The minimum atomic E-state index is 0.108. The van der Waals surface area contributed by atoms with Gasteiger partial charge in [0.05, 0.1) is 6.04 Å². The molecule has 0 aliphatic rings. The van der Waals surface area contributed by atoms with Crippen LogP contribution in [0.3, 0.4) is 0 Å². The summed E-state index contributed by atoms with van der Waals surface area (Å²) in [5, 5.41) is 7.63. The highest BCUT2D eigenvalue weighted by molar-refractivity contribution is 9.10. The number of thiophene rings is 1. The minimum absolute atomic E-state index is 0.108. The Morgan fingerprint density at radius 1 is 1.38 bits per heavy atom. The van der Waals surface area contributed by atoms with Gasteiger partial charge in [0.2, 0.25) is 0 Å². The second-order valence-corrected chi connectivity index (χ2v) is 5.69. The fourth-order valence-electron chi connectivity index (χ4n) is 1.55. The second kappa shape index (κ2) is 5.49. The quantitative estimate of drug-likeness (QED) is 0.859. The molecular weight excluding hydrogens is 354 g/mol. The van der Waals surface area contributed by atoms with E-state index in [1.807, 2.05) is 12.1 Å². The molecule has 0 bridgehead atoms. The summed E-state index contributed by atoms with van der Waals surface area (Å²) in [5.74, 6) is 0.924. The smallest absolute Gasteiger partial charge is 0.169 e. The van der Waals surface area contributed by atoms with Gasteiger partial charge in [-0.15, -0.1) is 0 Å². The molecule has 0 saturated heterocycles. The average Bonchev–Trinajstić information content (AvgIpc) is 2.84. The highest BCUT2D eigenvalue weighted by Crippen LogP contribution is 2.33. The zero-order valence-corrected chi connectivity index (χ0v) is 12.7. The van der Waals surface area contributed by atoms with Gasteiger partial charge in [-0.05, 0) is 55.9 Å². The highest BCUT2D eigenvalue weighted by atomic mass is 79.9. The van der Waals surface area contributed by atoms with Crippen LogP contribution in [0.25, 0.3) is 0 Å². The topological polar surface area (TPSA) is 25.2 Å². The highest BCUT2D eigenvalue weighted by Gasteiger charge is 2.19. The van der Waals surface area contributed by atoms with Gasteiger partial charge in [-0.1, -0.05) is 6.92 Å². The molecule has 16 heavy (non-hydrogen) atoms. The maximum atomic E-state index is 5.61. The lowest BCUT2D eigenvalue weighted by Gasteiger charge is -2.14. The Morgan fingerprint density at radius 2 is 2.19 bits per heavy atom. The Kier molecular flexibility index (Phi) is 4.24. The van der Waals surface area contributed by atoms with Gasteiger partial charge in [-0.25, -0.2) is 0 Å². The van der Waals surface area contributed by atoms with Gasteiger partial charge in [0.15, 0.2) is 4.67 Å². The molecule has 2 aromatic heterocycles. The van der Waals surface area contributed by atoms with E-state index in [-0.39, 0.29) is 6.04 Å². The second-order valence-electron chi connectivity index (χ2n) is 3.31. The third-order valence-electron chi connectivity index (χ3n) is 2.24. The standard InChI is InChI=1S/C11H11Br2NOS/c1-2-14-11(7-5-16-6-8(7)12)9-3-4-10(13)15-9/h3-6,11,14H,2H2,1H3. The van der Waals surface area contributed by atoms with Crippen molar-refractivity contribution in [3.8, 4) is 0 Å². The van der Waals surface area contributed by atoms with Crippen molar-refractivity contribution in [1.29, 1.82) is 0 Å². The van der Waals surface area contributed by atoms with Crippen LogP contribution in [0.2, 0.25) is 0 Å². The summed E-state index contributed by atoms with van der Waals surface area (Å²) in [7, 11) is 0. The van der Waals surface area contributed by atoms with E-state index in [1.165, 1.54) is 5.56 Å². The van der Waals surface area contributed by atoms with Crippen LogP contribution < -0.4 is 5.32 Å². The SMILES string of the molecule is CCNC(c1ccc(Br)o1)c1cscc1Br. The van der Waals surface area contributed by atoms with Crippen LogP contribution in [0.15, 0.2) is 36.5 Å². The number of halogens is 2. The van der Waals surface area contributed by atoms with Crippen LogP contribution in [0.1, 0.15) is 24.3 Å². The van der Waals surface area contributed by atoms with Crippen molar-refractivity contribution >= 4 is 43.2 Å². The summed E-state index contributed by atoms with van der Waals surface area (Å²) in [6, 6.07) is 4.01. The molecule has 2 aromatic rings. The summed E-state index contributed by atoms with van der Waals surface area (Å²) >= 11 is 8.57. The summed E-state index contributed by atoms with van der Waals surface area (Å²) in [6.07, 6.45) is 0. The lowest BCUT2D eigenvalue weighted by molar-refractivity contribution is 0.437. The van der Waals surface area contributed by atoms with E-state index in [9.17, 15) is 0 Å². The predicted octanol–water partition coefficient (Wildman–Crippen LogP) is 4.57. The monoisotopic (exact) mass is 363 g/mol. The molecule has 5 heteroatoms. The Bertz CT molecular complexity index is 466. The van der Waals surface area contributed by atoms with Gasteiger partial charge in [0.1, 0.15) is 5.76 Å². The van der Waals surface area contributed by atoms with Crippen molar-refractivity contribution in [2.24, 2.45) is 0 Å². The van der Waals surface area contributed by atoms with E-state index < -0.39 is 0 Å². The molecule has 0 fully saturated rings. The largest absolute Gasteiger partial charge is 0.452 e. The Morgan fingerprint density at radius 3 is 2.69 bits per heavy atom. The van der Waals surface area contributed by atoms with E-state index in [1.54, 1.807) is 11.3 Å². The van der Waals surface area contributed by atoms with Crippen LogP contribution in [0.4, 0.5) is 0 Å². The van der Waals surface area contributed by atoms with Gasteiger partial charge >= 0.3 is 0 Å². The zero-order valence-electron chi connectivity index (χ0n) is 8.67. The molecular formula is C11H11Br2NOS. The van der Waals surface area contributed by atoms with Gasteiger partial charge in [-0.3, -0.25) is 0 Å². The fourth-order valence-corrected chi connectivity index (χ4v) is 3.42. The van der Waals surface area contributed by atoms with E-state index in [0.29, 0.717) is 0 Å². The molecule has 0 aliphatic heterocycles. The third kappa shape index (κ3) is 2.59. The molecule has 2 nitrogen and oxygen atoms in total. The van der Waals surface area contributed by atoms with Crippen molar-refractivity contribution in [1.82, 2.24) is 5.32 Å². The first kappa shape index (κ1) is 12.4. The van der Waals surface area contributed by atoms with Gasteiger partial charge in [-0.2, -0.15) is 11.3 Å². The van der Waals surface area contributed by atoms with Crippen LogP contribution in [-0.4, -0.2) is 6.54 Å². The zero-order chi connectivity index (χ0) is 11.5. The molecule has 1 unspecified atom stereocenters. The summed E-state index contributed by atoms with van der Waals surface area (Å²) in [4.78, 5) is 0. The first-order valence-electron chi connectivity index (χ1n) is 4.92. The average molecular weight is 365 g/mol. The summed E-state index contributed by atoms with van der Waals surface area (Å²) in [6.45, 7) is 2.98. The van der Waals surface area contributed by atoms with E-state index in [4.69, 9.17) is 4.42 Å². The number of hydrogen-bond acceptors (Lipinski definition) is 3. The Hall–Kier alpha value is -0.100. The molecule has 2 rings (SSSR count). The van der Waals surface area contributed by atoms with Gasteiger partial charge < -0.3 is 9.73 Å². The Labute approximate surface area is 115 Å². The maximum absolute atomic E-state index is 5.61. The van der Waals surface area contributed by atoms with Crippen molar-refractivity contribution in [3.63, 3.8) is 0 Å². The van der Waals surface area contributed by atoms with E-state index >= 15 is 0 Å². The number of hydrogen-bond donors (Lipinski definition) is 1. The molecule has 0 radical (unpaired) electrons. The molecule has 1 N–H and O–H groups in total.